The molecule has 3 nitrogen and oxygen atoms in total. The summed E-state index contributed by atoms with van der Waals surface area (Å²) in [6.45, 7) is 6.28. The standard InChI is InChI=1S/C12H23NO2/c1-9(13)12(8-10(14)15)7-5-4-6-11(12,2)3/h9H,4-8,13H2,1-3H3,(H,14,15). The fraction of sp³-hybridized carbons (Fsp3) is 0.917. The van der Waals surface area contributed by atoms with Crippen LogP contribution in [0, 0.1) is 10.8 Å². The summed E-state index contributed by atoms with van der Waals surface area (Å²) in [6.07, 6.45) is 4.54. The molecule has 0 spiro atoms. The van der Waals surface area contributed by atoms with Crippen molar-refractivity contribution in [2.45, 2.75) is 58.9 Å². The van der Waals surface area contributed by atoms with Crippen LogP contribution in [-0.4, -0.2) is 17.1 Å². The molecule has 88 valence electrons. The molecule has 2 atom stereocenters. The highest BCUT2D eigenvalue weighted by atomic mass is 16.4. The van der Waals surface area contributed by atoms with E-state index >= 15 is 0 Å². The predicted molar refractivity (Wildman–Crippen MR) is 60.6 cm³/mol. The highest BCUT2D eigenvalue weighted by Gasteiger charge is 2.50. The van der Waals surface area contributed by atoms with E-state index < -0.39 is 5.97 Å². The second-order valence-electron chi connectivity index (χ2n) is 5.61. The van der Waals surface area contributed by atoms with Crippen LogP contribution in [0.1, 0.15) is 52.9 Å². The van der Waals surface area contributed by atoms with Crippen molar-refractivity contribution in [3.63, 3.8) is 0 Å². The number of rotatable bonds is 3. The number of carboxylic acids is 1. The lowest BCUT2D eigenvalue weighted by molar-refractivity contribution is -0.145. The van der Waals surface area contributed by atoms with E-state index in [0.29, 0.717) is 0 Å². The van der Waals surface area contributed by atoms with Gasteiger partial charge in [0.1, 0.15) is 0 Å². The zero-order valence-electron chi connectivity index (χ0n) is 10.0. The lowest BCUT2D eigenvalue weighted by Crippen LogP contribution is -2.52. The zero-order chi connectivity index (χ0) is 11.7. The van der Waals surface area contributed by atoms with Gasteiger partial charge >= 0.3 is 5.97 Å². The molecule has 3 heteroatoms. The average molecular weight is 213 g/mol. The molecule has 0 saturated heterocycles. The van der Waals surface area contributed by atoms with Gasteiger partial charge in [0.05, 0.1) is 6.42 Å². The van der Waals surface area contributed by atoms with Gasteiger partial charge in [-0.2, -0.15) is 0 Å². The molecule has 1 fully saturated rings. The first-order valence-electron chi connectivity index (χ1n) is 5.79. The van der Waals surface area contributed by atoms with Crippen LogP contribution < -0.4 is 5.73 Å². The van der Waals surface area contributed by atoms with Crippen LogP contribution in [0.2, 0.25) is 0 Å². The molecule has 0 aromatic rings. The highest BCUT2D eigenvalue weighted by Crippen LogP contribution is 2.54. The molecule has 0 radical (unpaired) electrons. The van der Waals surface area contributed by atoms with E-state index in [4.69, 9.17) is 10.8 Å². The molecule has 1 aliphatic carbocycles. The second-order valence-corrected chi connectivity index (χ2v) is 5.61. The van der Waals surface area contributed by atoms with Crippen molar-refractivity contribution >= 4 is 5.97 Å². The van der Waals surface area contributed by atoms with Gasteiger partial charge in [-0.15, -0.1) is 0 Å². The Bertz CT molecular complexity index is 248. The van der Waals surface area contributed by atoms with Crippen LogP contribution in [0.4, 0.5) is 0 Å². The first-order valence-corrected chi connectivity index (χ1v) is 5.79. The zero-order valence-corrected chi connectivity index (χ0v) is 10.0. The van der Waals surface area contributed by atoms with Gasteiger partial charge in [0, 0.05) is 11.5 Å². The Morgan fingerprint density at radius 2 is 1.93 bits per heavy atom. The Balaban J connectivity index is 3.01. The number of aliphatic carboxylic acids is 1. The van der Waals surface area contributed by atoms with Crippen molar-refractivity contribution < 1.29 is 9.90 Å². The van der Waals surface area contributed by atoms with Crippen molar-refractivity contribution in [2.75, 3.05) is 0 Å². The summed E-state index contributed by atoms with van der Waals surface area (Å²) in [5, 5.41) is 9.06. The lowest BCUT2D eigenvalue weighted by atomic mass is 9.53. The Morgan fingerprint density at radius 3 is 2.33 bits per heavy atom. The predicted octanol–water partition coefficient (Wildman–Crippen LogP) is 2.39. The summed E-state index contributed by atoms with van der Waals surface area (Å²) >= 11 is 0. The second kappa shape index (κ2) is 4.12. The van der Waals surface area contributed by atoms with Crippen LogP contribution in [0.3, 0.4) is 0 Å². The molecule has 0 aromatic carbocycles. The van der Waals surface area contributed by atoms with Crippen molar-refractivity contribution in [2.24, 2.45) is 16.6 Å². The Hall–Kier alpha value is -0.570. The van der Waals surface area contributed by atoms with Crippen molar-refractivity contribution in [3.8, 4) is 0 Å². The van der Waals surface area contributed by atoms with Crippen LogP contribution >= 0.6 is 0 Å². The summed E-state index contributed by atoms with van der Waals surface area (Å²) in [5.74, 6) is -0.720. The molecule has 2 unspecified atom stereocenters. The smallest absolute Gasteiger partial charge is 0.303 e. The van der Waals surface area contributed by atoms with Gasteiger partial charge < -0.3 is 10.8 Å². The van der Waals surface area contributed by atoms with Crippen molar-refractivity contribution in [1.29, 1.82) is 0 Å². The van der Waals surface area contributed by atoms with E-state index in [9.17, 15) is 4.79 Å². The van der Waals surface area contributed by atoms with Gasteiger partial charge in [0.15, 0.2) is 0 Å². The van der Waals surface area contributed by atoms with E-state index in [1.807, 2.05) is 6.92 Å². The summed E-state index contributed by atoms with van der Waals surface area (Å²) in [7, 11) is 0. The Morgan fingerprint density at radius 1 is 1.40 bits per heavy atom. The van der Waals surface area contributed by atoms with E-state index in [1.165, 1.54) is 6.42 Å². The lowest BCUT2D eigenvalue weighted by Gasteiger charge is -2.52. The molecule has 3 N–H and O–H groups in total. The SMILES string of the molecule is CC(N)C1(CC(=O)O)CCCCC1(C)C. The first-order chi connectivity index (χ1) is 6.82. The van der Waals surface area contributed by atoms with E-state index in [0.717, 1.165) is 19.3 Å². The van der Waals surface area contributed by atoms with E-state index in [-0.39, 0.29) is 23.3 Å². The molecular formula is C12H23NO2. The third kappa shape index (κ3) is 2.17. The molecule has 0 bridgehead atoms. The van der Waals surface area contributed by atoms with Gasteiger partial charge in [-0.25, -0.2) is 0 Å². The summed E-state index contributed by atoms with van der Waals surface area (Å²) in [4.78, 5) is 11.0. The van der Waals surface area contributed by atoms with Crippen LogP contribution in [0.15, 0.2) is 0 Å². The molecule has 0 amide bonds. The number of carbonyl (C=O) groups is 1. The molecule has 0 heterocycles. The van der Waals surface area contributed by atoms with Gasteiger partial charge in [-0.1, -0.05) is 26.7 Å². The monoisotopic (exact) mass is 213 g/mol. The van der Waals surface area contributed by atoms with Gasteiger partial charge in [-0.3, -0.25) is 4.79 Å². The van der Waals surface area contributed by atoms with Gasteiger partial charge in [0.2, 0.25) is 0 Å². The normalized spacial score (nSPS) is 32.3. The van der Waals surface area contributed by atoms with Crippen molar-refractivity contribution in [3.05, 3.63) is 0 Å². The van der Waals surface area contributed by atoms with Gasteiger partial charge in [0.25, 0.3) is 0 Å². The number of hydrogen-bond acceptors (Lipinski definition) is 2. The quantitative estimate of drug-likeness (QED) is 0.756. The topological polar surface area (TPSA) is 63.3 Å². The number of nitrogens with two attached hydrogens (primary N) is 1. The van der Waals surface area contributed by atoms with Crippen LogP contribution in [0.25, 0.3) is 0 Å². The van der Waals surface area contributed by atoms with E-state index in [1.54, 1.807) is 0 Å². The third-order valence-electron chi connectivity index (χ3n) is 4.36. The minimum absolute atomic E-state index is 0.0395. The largest absolute Gasteiger partial charge is 0.481 e. The number of hydrogen-bond donors (Lipinski definition) is 2. The van der Waals surface area contributed by atoms with Crippen LogP contribution in [0.5, 0.6) is 0 Å². The third-order valence-corrected chi connectivity index (χ3v) is 4.36. The van der Waals surface area contributed by atoms with Gasteiger partial charge in [-0.05, 0) is 25.2 Å². The summed E-state index contributed by atoms with van der Waals surface area (Å²) in [5.41, 5.74) is 5.88. The number of carboxylic acid groups (broad SMARTS) is 1. The molecule has 1 saturated carbocycles. The molecule has 0 aromatic heterocycles. The van der Waals surface area contributed by atoms with E-state index in [2.05, 4.69) is 13.8 Å². The summed E-state index contributed by atoms with van der Waals surface area (Å²) in [6, 6.07) is -0.0519. The molecule has 1 aliphatic rings. The maximum atomic E-state index is 11.0. The van der Waals surface area contributed by atoms with Crippen molar-refractivity contribution in [1.82, 2.24) is 0 Å². The Labute approximate surface area is 92.0 Å². The molecule has 15 heavy (non-hydrogen) atoms. The maximum Gasteiger partial charge on any atom is 0.303 e. The fourth-order valence-electron chi connectivity index (χ4n) is 3.20. The van der Waals surface area contributed by atoms with Crippen LogP contribution in [-0.2, 0) is 4.79 Å². The minimum atomic E-state index is -0.720. The minimum Gasteiger partial charge on any atom is -0.481 e. The fourth-order valence-corrected chi connectivity index (χ4v) is 3.20. The maximum absolute atomic E-state index is 11.0. The average Bonchev–Trinajstić information content (AvgIpc) is 2.07. The molecule has 0 aliphatic heterocycles. The summed E-state index contributed by atoms with van der Waals surface area (Å²) < 4.78 is 0. The highest BCUT2D eigenvalue weighted by molar-refractivity contribution is 5.68. The molecular weight excluding hydrogens is 190 g/mol. The Kier molecular flexibility index (Phi) is 3.44. The first kappa shape index (κ1) is 12.5. The molecule has 1 rings (SSSR count).